The second-order valence-electron chi connectivity index (χ2n) is 8.46. The van der Waals surface area contributed by atoms with Crippen molar-refractivity contribution >= 4 is 23.9 Å². The van der Waals surface area contributed by atoms with Crippen molar-refractivity contribution in [3.63, 3.8) is 0 Å². The van der Waals surface area contributed by atoms with Gasteiger partial charge in [-0.25, -0.2) is 4.79 Å². The Morgan fingerprint density at radius 2 is 1.74 bits per heavy atom. The molecule has 2 aromatic carbocycles. The second kappa shape index (κ2) is 12.6. The van der Waals surface area contributed by atoms with E-state index < -0.39 is 17.9 Å². The molecule has 0 aromatic heterocycles. The molecule has 1 N–H and O–H groups in total. The minimum atomic E-state index is -0.863. The number of methoxy groups -OCH3 is 1. The monoisotopic (exact) mass is 464 g/mol. The number of carbonyl (C=O) groups is 3. The zero-order valence-electron chi connectivity index (χ0n) is 19.7. The molecule has 1 saturated heterocycles. The summed E-state index contributed by atoms with van der Waals surface area (Å²) in [5, 5.41) is 2.55. The van der Waals surface area contributed by atoms with Crippen molar-refractivity contribution in [2.45, 2.75) is 32.2 Å². The molecule has 0 radical (unpaired) electrons. The predicted octanol–water partition coefficient (Wildman–Crippen LogP) is 3.24. The molecular weight excluding hydrogens is 432 g/mol. The molecule has 34 heavy (non-hydrogen) atoms. The number of nitrogens with one attached hydrogen (secondary N) is 1. The summed E-state index contributed by atoms with van der Waals surface area (Å²) in [5.74, 6) is 0.00862. The Labute approximate surface area is 200 Å². The van der Waals surface area contributed by atoms with Crippen molar-refractivity contribution in [2.75, 3.05) is 26.8 Å². The highest BCUT2D eigenvalue weighted by atomic mass is 16.5. The van der Waals surface area contributed by atoms with Gasteiger partial charge in [-0.2, -0.15) is 0 Å². The summed E-state index contributed by atoms with van der Waals surface area (Å²) < 4.78 is 10.2. The molecule has 0 spiro atoms. The van der Waals surface area contributed by atoms with Crippen LogP contribution in [0, 0.1) is 5.92 Å². The van der Waals surface area contributed by atoms with Crippen molar-refractivity contribution in [2.24, 2.45) is 5.92 Å². The van der Waals surface area contributed by atoms with Crippen LogP contribution in [0.25, 0.3) is 6.08 Å². The number of esters is 1. The lowest BCUT2D eigenvalue weighted by molar-refractivity contribution is -0.154. The number of rotatable bonds is 9. The number of benzene rings is 2. The van der Waals surface area contributed by atoms with Crippen LogP contribution < -0.4 is 10.1 Å². The van der Waals surface area contributed by atoms with Gasteiger partial charge in [0.05, 0.1) is 7.11 Å². The summed E-state index contributed by atoms with van der Waals surface area (Å²) in [7, 11) is 1.58. The first-order chi connectivity index (χ1) is 16.4. The number of piperidine rings is 1. The van der Waals surface area contributed by atoms with Crippen LogP contribution in [0.1, 0.15) is 30.9 Å². The van der Waals surface area contributed by atoms with Crippen LogP contribution >= 0.6 is 0 Å². The fourth-order valence-electron chi connectivity index (χ4n) is 3.89. The van der Waals surface area contributed by atoms with E-state index in [9.17, 15) is 14.4 Å². The van der Waals surface area contributed by atoms with Crippen LogP contribution in [0.2, 0.25) is 0 Å². The first-order valence-electron chi connectivity index (χ1n) is 11.6. The third-order valence-electron chi connectivity index (χ3n) is 5.93. The fraction of sp³-hybridized carbons (Fsp3) is 0.370. The fourth-order valence-corrected chi connectivity index (χ4v) is 3.89. The van der Waals surface area contributed by atoms with Crippen LogP contribution in [0.5, 0.6) is 5.75 Å². The molecule has 1 atom stereocenters. The standard InChI is InChI=1S/C27H32N2O5/c1-20(28-25(30)13-10-21-8-11-24(33-2)12-9-21)27(32)34-19-26(31)29-16-14-23(15-17-29)18-22-6-4-3-5-7-22/h3-13,20,23H,14-19H2,1-2H3,(H,28,30)/b13-10+/t20-/m1/s1. The molecule has 0 aliphatic carbocycles. The highest BCUT2D eigenvalue weighted by Crippen LogP contribution is 2.21. The van der Waals surface area contributed by atoms with E-state index >= 15 is 0 Å². The number of hydrogen-bond donors (Lipinski definition) is 1. The molecule has 1 aliphatic heterocycles. The Balaban J connectivity index is 1.35. The van der Waals surface area contributed by atoms with E-state index in [2.05, 4.69) is 17.4 Å². The Morgan fingerprint density at radius 3 is 2.38 bits per heavy atom. The minimum absolute atomic E-state index is 0.204. The zero-order valence-corrected chi connectivity index (χ0v) is 19.7. The van der Waals surface area contributed by atoms with Crippen molar-refractivity contribution in [3.8, 4) is 5.75 Å². The number of amides is 2. The quantitative estimate of drug-likeness (QED) is 0.455. The van der Waals surface area contributed by atoms with Gasteiger partial charge in [-0.1, -0.05) is 42.5 Å². The Morgan fingerprint density at radius 1 is 1.06 bits per heavy atom. The molecule has 0 unspecified atom stereocenters. The van der Waals surface area contributed by atoms with Gasteiger partial charge in [-0.05, 0) is 61.4 Å². The third kappa shape index (κ3) is 7.76. The van der Waals surface area contributed by atoms with Gasteiger partial charge in [0.25, 0.3) is 5.91 Å². The molecule has 3 rings (SSSR count). The van der Waals surface area contributed by atoms with E-state index in [4.69, 9.17) is 9.47 Å². The van der Waals surface area contributed by atoms with Gasteiger partial charge < -0.3 is 19.7 Å². The predicted molar refractivity (Wildman–Crippen MR) is 130 cm³/mol. The highest BCUT2D eigenvalue weighted by molar-refractivity contribution is 5.94. The van der Waals surface area contributed by atoms with E-state index in [0.29, 0.717) is 19.0 Å². The zero-order chi connectivity index (χ0) is 24.3. The lowest BCUT2D eigenvalue weighted by Gasteiger charge is -2.32. The topological polar surface area (TPSA) is 84.9 Å². The Kier molecular flexibility index (Phi) is 9.26. The number of ether oxygens (including phenoxy) is 2. The molecule has 1 fully saturated rings. The van der Waals surface area contributed by atoms with Crippen LogP contribution in [0.4, 0.5) is 0 Å². The summed E-state index contributed by atoms with van der Waals surface area (Å²) in [4.78, 5) is 38.5. The van der Waals surface area contributed by atoms with Crippen LogP contribution in [-0.4, -0.2) is 55.5 Å². The first-order valence-corrected chi connectivity index (χ1v) is 11.6. The molecule has 7 heteroatoms. The van der Waals surface area contributed by atoms with Crippen LogP contribution in [0.15, 0.2) is 60.7 Å². The lowest BCUT2D eigenvalue weighted by Crippen LogP contribution is -2.43. The Hall–Kier alpha value is -3.61. The van der Waals surface area contributed by atoms with E-state index in [1.54, 1.807) is 30.2 Å². The molecule has 0 bridgehead atoms. The normalized spacial score (nSPS) is 15.1. The van der Waals surface area contributed by atoms with E-state index in [-0.39, 0.29) is 12.5 Å². The molecule has 180 valence electrons. The van der Waals surface area contributed by atoms with Gasteiger partial charge in [-0.15, -0.1) is 0 Å². The van der Waals surface area contributed by atoms with Crippen molar-refractivity contribution in [1.82, 2.24) is 10.2 Å². The summed E-state index contributed by atoms with van der Waals surface area (Å²) in [6.07, 6.45) is 5.86. The maximum atomic E-state index is 12.5. The van der Waals surface area contributed by atoms with Gasteiger partial charge in [0, 0.05) is 19.2 Å². The molecule has 2 amide bonds. The van der Waals surface area contributed by atoms with Crippen LogP contribution in [0.3, 0.4) is 0 Å². The van der Waals surface area contributed by atoms with Crippen molar-refractivity contribution in [1.29, 1.82) is 0 Å². The number of hydrogen-bond acceptors (Lipinski definition) is 5. The minimum Gasteiger partial charge on any atom is -0.497 e. The van der Waals surface area contributed by atoms with E-state index in [1.807, 2.05) is 30.3 Å². The number of carbonyl (C=O) groups excluding carboxylic acids is 3. The summed E-state index contributed by atoms with van der Waals surface area (Å²) in [6, 6.07) is 16.7. The molecule has 7 nitrogen and oxygen atoms in total. The lowest BCUT2D eigenvalue weighted by atomic mass is 9.90. The number of likely N-dealkylation sites (tertiary alicyclic amines) is 1. The SMILES string of the molecule is COc1ccc(/C=C/C(=O)N[C@H](C)C(=O)OCC(=O)N2CCC(Cc3ccccc3)CC2)cc1. The summed E-state index contributed by atoms with van der Waals surface area (Å²) >= 11 is 0. The maximum absolute atomic E-state index is 12.5. The maximum Gasteiger partial charge on any atom is 0.328 e. The highest BCUT2D eigenvalue weighted by Gasteiger charge is 2.24. The van der Waals surface area contributed by atoms with Gasteiger partial charge >= 0.3 is 5.97 Å². The molecular formula is C27H32N2O5. The number of nitrogens with zero attached hydrogens (tertiary/aromatic N) is 1. The molecule has 0 saturated carbocycles. The smallest absolute Gasteiger partial charge is 0.328 e. The van der Waals surface area contributed by atoms with E-state index in [0.717, 1.165) is 30.6 Å². The molecule has 2 aromatic rings. The first kappa shape index (κ1) is 25.0. The molecule has 1 aliphatic rings. The van der Waals surface area contributed by atoms with Gasteiger partial charge in [0.2, 0.25) is 5.91 Å². The van der Waals surface area contributed by atoms with E-state index in [1.165, 1.54) is 18.6 Å². The van der Waals surface area contributed by atoms with Gasteiger partial charge in [0.15, 0.2) is 6.61 Å². The average Bonchev–Trinajstić information content (AvgIpc) is 2.87. The average molecular weight is 465 g/mol. The Bertz CT molecular complexity index is 980. The largest absolute Gasteiger partial charge is 0.497 e. The van der Waals surface area contributed by atoms with Crippen LogP contribution in [-0.2, 0) is 25.5 Å². The summed E-state index contributed by atoms with van der Waals surface area (Å²) in [6.45, 7) is 2.54. The third-order valence-corrected chi connectivity index (χ3v) is 5.93. The van der Waals surface area contributed by atoms with Crippen molar-refractivity contribution < 1.29 is 23.9 Å². The summed E-state index contributed by atoms with van der Waals surface area (Å²) in [5.41, 5.74) is 2.14. The molecule has 1 heterocycles. The van der Waals surface area contributed by atoms with Gasteiger partial charge in [-0.3, -0.25) is 9.59 Å². The van der Waals surface area contributed by atoms with Gasteiger partial charge in [0.1, 0.15) is 11.8 Å². The van der Waals surface area contributed by atoms with Crippen molar-refractivity contribution in [3.05, 3.63) is 71.8 Å². The second-order valence-corrected chi connectivity index (χ2v) is 8.46.